The molecule has 5 heteroatoms. The predicted octanol–water partition coefficient (Wildman–Crippen LogP) is 0.988. The molecular formula is C13H24N4O. The number of carbonyl (C=O) groups excluding carboxylic acids is 1. The summed E-state index contributed by atoms with van der Waals surface area (Å²) in [5.74, 6) is 0.0605. The first kappa shape index (κ1) is 14.7. The summed E-state index contributed by atoms with van der Waals surface area (Å²) < 4.78 is 1.82. The van der Waals surface area contributed by atoms with E-state index in [4.69, 9.17) is 0 Å². The smallest absolute Gasteiger partial charge is 0.233 e. The third-order valence-electron chi connectivity index (χ3n) is 2.78. The monoisotopic (exact) mass is 252 g/mol. The normalized spacial score (nSPS) is 10.6. The molecule has 0 aliphatic carbocycles. The molecule has 1 aromatic heterocycles. The zero-order valence-electron chi connectivity index (χ0n) is 11.6. The summed E-state index contributed by atoms with van der Waals surface area (Å²) in [6.45, 7) is 6.02. The van der Waals surface area contributed by atoms with E-state index in [9.17, 15) is 4.79 Å². The number of rotatable bonds is 8. The zero-order chi connectivity index (χ0) is 13.4. The fourth-order valence-corrected chi connectivity index (χ4v) is 1.81. The zero-order valence-corrected chi connectivity index (χ0v) is 11.6. The van der Waals surface area contributed by atoms with Crippen molar-refractivity contribution in [1.29, 1.82) is 0 Å². The summed E-state index contributed by atoms with van der Waals surface area (Å²) >= 11 is 0. The Morgan fingerprint density at radius 2 is 2.22 bits per heavy atom. The second-order valence-corrected chi connectivity index (χ2v) is 4.44. The summed E-state index contributed by atoms with van der Waals surface area (Å²) in [6.07, 6.45) is 5.05. The molecule has 1 amide bonds. The Bertz CT molecular complexity index is 373. The number of hydrogen-bond donors (Lipinski definition) is 2. The maximum absolute atomic E-state index is 11.5. The van der Waals surface area contributed by atoms with Crippen molar-refractivity contribution in [2.45, 2.75) is 39.7 Å². The third-order valence-corrected chi connectivity index (χ3v) is 2.78. The number of aryl methyl sites for hydroxylation is 2. The number of unbranched alkanes of at least 4 members (excludes halogenated alkanes) is 1. The van der Waals surface area contributed by atoms with Gasteiger partial charge in [0.25, 0.3) is 0 Å². The first-order valence-corrected chi connectivity index (χ1v) is 6.66. The molecule has 1 rings (SSSR count). The van der Waals surface area contributed by atoms with Gasteiger partial charge in [0.05, 0.1) is 12.2 Å². The Morgan fingerprint density at radius 3 is 2.89 bits per heavy atom. The van der Waals surface area contributed by atoms with Gasteiger partial charge >= 0.3 is 0 Å². The van der Waals surface area contributed by atoms with Gasteiger partial charge in [-0.2, -0.15) is 5.10 Å². The summed E-state index contributed by atoms with van der Waals surface area (Å²) in [5.41, 5.74) is 2.26. The van der Waals surface area contributed by atoms with Gasteiger partial charge in [-0.15, -0.1) is 0 Å². The second-order valence-electron chi connectivity index (χ2n) is 4.44. The molecule has 0 unspecified atom stereocenters. The molecule has 5 nitrogen and oxygen atoms in total. The number of aromatic nitrogens is 2. The van der Waals surface area contributed by atoms with Gasteiger partial charge in [0.1, 0.15) is 0 Å². The van der Waals surface area contributed by atoms with E-state index in [1.54, 1.807) is 0 Å². The Kier molecular flexibility index (Phi) is 6.43. The van der Waals surface area contributed by atoms with Crippen molar-refractivity contribution >= 4 is 5.91 Å². The van der Waals surface area contributed by atoms with Crippen LogP contribution in [0.25, 0.3) is 0 Å². The van der Waals surface area contributed by atoms with Crippen LogP contribution in [0.4, 0.5) is 0 Å². The fourth-order valence-electron chi connectivity index (χ4n) is 1.81. The van der Waals surface area contributed by atoms with E-state index in [0.717, 1.165) is 31.5 Å². The molecule has 0 fully saturated rings. The highest BCUT2D eigenvalue weighted by molar-refractivity contribution is 5.77. The first-order chi connectivity index (χ1) is 8.67. The van der Waals surface area contributed by atoms with Crippen LogP contribution in [0.3, 0.4) is 0 Å². The van der Waals surface area contributed by atoms with Gasteiger partial charge in [0.15, 0.2) is 0 Å². The van der Waals surface area contributed by atoms with Crippen LogP contribution < -0.4 is 10.6 Å². The van der Waals surface area contributed by atoms with Crippen LogP contribution in [0.15, 0.2) is 6.20 Å². The number of nitrogens with zero attached hydrogens (tertiary/aromatic N) is 2. The van der Waals surface area contributed by atoms with Crippen molar-refractivity contribution < 1.29 is 4.79 Å². The summed E-state index contributed by atoms with van der Waals surface area (Å²) in [6, 6.07) is 0. The minimum Gasteiger partial charge on any atom is -0.355 e. The maximum Gasteiger partial charge on any atom is 0.233 e. The van der Waals surface area contributed by atoms with Crippen molar-refractivity contribution in [3.63, 3.8) is 0 Å². The lowest BCUT2D eigenvalue weighted by Crippen LogP contribution is -2.34. The molecule has 18 heavy (non-hydrogen) atoms. The number of nitrogens with one attached hydrogen (secondary N) is 2. The number of carbonyl (C=O) groups is 1. The third kappa shape index (κ3) is 4.87. The molecule has 0 bridgehead atoms. The van der Waals surface area contributed by atoms with E-state index in [0.29, 0.717) is 13.1 Å². The highest BCUT2D eigenvalue weighted by atomic mass is 16.1. The van der Waals surface area contributed by atoms with E-state index in [-0.39, 0.29) is 5.91 Å². The van der Waals surface area contributed by atoms with Crippen LogP contribution in [0.1, 0.15) is 37.9 Å². The van der Waals surface area contributed by atoms with Crippen LogP contribution >= 0.6 is 0 Å². The molecule has 0 spiro atoms. The van der Waals surface area contributed by atoms with Gasteiger partial charge in [-0.25, -0.2) is 0 Å². The van der Waals surface area contributed by atoms with Crippen LogP contribution in [-0.4, -0.2) is 28.8 Å². The lowest BCUT2D eigenvalue weighted by Gasteiger charge is -2.05. The van der Waals surface area contributed by atoms with E-state index in [1.165, 1.54) is 5.56 Å². The number of amides is 1. The predicted molar refractivity (Wildman–Crippen MR) is 72.2 cm³/mol. The number of hydrogen-bond acceptors (Lipinski definition) is 3. The molecule has 1 aromatic rings. The topological polar surface area (TPSA) is 59.0 Å². The van der Waals surface area contributed by atoms with Crippen molar-refractivity contribution in [2.75, 3.05) is 13.1 Å². The Hall–Kier alpha value is -1.36. The first-order valence-electron chi connectivity index (χ1n) is 6.66. The van der Waals surface area contributed by atoms with E-state index >= 15 is 0 Å². The van der Waals surface area contributed by atoms with Crippen molar-refractivity contribution in [1.82, 2.24) is 20.4 Å². The van der Waals surface area contributed by atoms with Crippen LogP contribution in [0, 0.1) is 0 Å². The van der Waals surface area contributed by atoms with E-state index in [2.05, 4.69) is 29.6 Å². The van der Waals surface area contributed by atoms with Crippen molar-refractivity contribution in [2.24, 2.45) is 7.05 Å². The van der Waals surface area contributed by atoms with Crippen LogP contribution in [-0.2, 0) is 24.8 Å². The summed E-state index contributed by atoms with van der Waals surface area (Å²) in [4.78, 5) is 11.5. The lowest BCUT2D eigenvalue weighted by molar-refractivity contribution is -0.120. The molecule has 2 N–H and O–H groups in total. The quantitative estimate of drug-likeness (QED) is 0.678. The van der Waals surface area contributed by atoms with Crippen molar-refractivity contribution in [3.05, 3.63) is 17.5 Å². The molecule has 0 radical (unpaired) electrons. The van der Waals surface area contributed by atoms with Gasteiger partial charge in [0.2, 0.25) is 5.91 Å². The van der Waals surface area contributed by atoms with Gasteiger partial charge in [-0.1, -0.05) is 20.3 Å². The van der Waals surface area contributed by atoms with Crippen molar-refractivity contribution in [3.8, 4) is 0 Å². The molecular weight excluding hydrogens is 228 g/mol. The second kappa shape index (κ2) is 7.87. The SMILES string of the molecule is CCCCNC(=O)CNCc1cn(C)nc1CC. The van der Waals surface area contributed by atoms with Gasteiger partial charge in [-0.3, -0.25) is 9.48 Å². The average Bonchev–Trinajstić information content (AvgIpc) is 2.70. The largest absolute Gasteiger partial charge is 0.355 e. The fraction of sp³-hybridized carbons (Fsp3) is 0.692. The van der Waals surface area contributed by atoms with E-state index < -0.39 is 0 Å². The maximum atomic E-state index is 11.5. The minimum absolute atomic E-state index is 0.0605. The molecule has 0 aliphatic heterocycles. The highest BCUT2D eigenvalue weighted by Gasteiger charge is 2.06. The van der Waals surface area contributed by atoms with Gasteiger partial charge in [-0.05, 0) is 12.8 Å². The van der Waals surface area contributed by atoms with Gasteiger partial charge < -0.3 is 10.6 Å². The van der Waals surface area contributed by atoms with Crippen LogP contribution in [0.2, 0.25) is 0 Å². The summed E-state index contributed by atoms with van der Waals surface area (Å²) in [7, 11) is 1.92. The highest BCUT2D eigenvalue weighted by Crippen LogP contribution is 2.06. The summed E-state index contributed by atoms with van der Waals surface area (Å²) in [5, 5.41) is 10.4. The standard InChI is InChI=1S/C13H24N4O/c1-4-6-7-15-13(18)9-14-8-11-10-17(3)16-12(11)5-2/h10,14H,4-9H2,1-3H3,(H,15,18). The molecule has 0 aliphatic rings. The molecule has 0 atom stereocenters. The van der Waals surface area contributed by atoms with E-state index in [1.807, 2.05) is 17.9 Å². The molecule has 102 valence electrons. The van der Waals surface area contributed by atoms with Crippen LogP contribution in [0.5, 0.6) is 0 Å². The Labute approximate surface area is 109 Å². The Morgan fingerprint density at radius 1 is 1.44 bits per heavy atom. The van der Waals surface area contributed by atoms with Gasteiger partial charge in [0, 0.05) is 31.9 Å². The minimum atomic E-state index is 0.0605. The average molecular weight is 252 g/mol. The molecule has 0 saturated heterocycles. The lowest BCUT2D eigenvalue weighted by atomic mass is 10.2. The molecule has 0 saturated carbocycles. The Balaban J connectivity index is 2.26. The molecule has 1 heterocycles. The molecule has 0 aromatic carbocycles.